The monoisotopic (exact) mass is 613 g/mol. The molecule has 2 rings (SSSR count). The van der Waals surface area contributed by atoms with Crippen LogP contribution in [0.15, 0.2) is 18.2 Å². The van der Waals surface area contributed by atoms with Gasteiger partial charge in [-0.2, -0.15) is 6.92 Å². The van der Waals surface area contributed by atoms with Gasteiger partial charge in [0.15, 0.2) is 0 Å². The molecule has 1 atom stereocenters. The number of aliphatic hydroxyl groups excluding tert-OH is 1. The van der Waals surface area contributed by atoms with Crippen molar-refractivity contribution >= 4 is 6.09 Å². The quantitative estimate of drug-likeness (QED) is 0.533. The van der Waals surface area contributed by atoms with Crippen LogP contribution in [0.5, 0.6) is 0 Å². The standard InChI is InChI=1S/C19H28FN2O3.Lr/c1-13-6-7-15(10-16(13)20)17(23)12-21-8-9-22(14(2)11-21)18(24)25-19(3,4)5;/h6-7,10,17,23H,8-9,11-12H2,1-5H3;/q-1;/t17-;/m0./s1. The molecular formula is C19H28FLrN2O3-. The molecule has 155 valence electrons. The smallest absolute Gasteiger partial charge is 0.380 e. The van der Waals surface area contributed by atoms with E-state index < -0.39 is 11.7 Å². The average Bonchev–Trinajstić information content (AvgIpc) is 2.48. The molecule has 0 bridgehead atoms. The maximum absolute atomic E-state index is 13.7. The van der Waals surface area contributed by atoms with Crippen molar-refractivity contribution in [2.75, 3.05) is 26.2 Å². The summed E-state index contributed by atoms with van der Waals surface area (Å²) >= 11 is 0. The summed E-state index contributed by atoms with van der Waals surface area (Å²) in [5.41, 5.74) is 0.599. The van der Waals surface area contributed by atoms with E-state index >= 15 is 0 Å². The van der Waals surface area contributed by atoms with Crippen molar-refractivity contribution in [3.63, 3.8) is 0 Å². The van der Waals surface area contributed by atoms with Crippen molar-refractivity contribution in [3.8, 4) is 0 Å². The maximum atomic E-state index is 13.7. The Bertz CT molecular complexity index is 621. The summed E-state index contributed by atoms with van der Waals surface area (Å²) in [5, 5.41) is 10.4. The number of hydrogen-bond acceptors (Lipinski definition) is 4. The zero-order valence-corrected chi connectivity index (χ0v) is 18.1. The Balaban J connectivity index is 0.00000338. The summed E-state index contributed by atoms with van der Waals surface area (Å²) in [6.07, 6.45) is -1.11. The van der Waals surface area contributed by atoms with Gasteiger partial charge in [-0.05, 0) is 44.9 Å². The molecule has 1 amide bonds. The molecule has 1 aromatic carbocycles. The molecule has 1 aliphatic heterocycles. The van der Waals surface area contributed by atoms with Gasteiger partial charge in [0.1, 0.15) is 11.4 Å². The molecule has 26 heavy (non-hydrogen) atoms. The molecule has 5 nitrogen and oxygen atoms in total. The molecule has 1 N–H and O–H groups in total. The molecule has 0 unspecified atom stereocenters. The fraction of sp³-hybridized carbons (Fsp3) is 0.579. The number of halogens is 1. The number of hydrogen-bond donors (Lipinski definition) is 1. The molecule has 1 saturated heterocycles. The van der Waals surface area contributed by atoms with Crippen LogP contribution in [0.4, 0.5) is 9.18 Å². The zero-order valence-electron chi connectivity index (χ0n) is 15.9. The van der Waals surface area contributed by atoms with Gasteiger partial charge in [-0.15, -0.1) is 6.54 Å². The van der Waals surface area contributed by atoms with Crippen molar-refractivity contribution in [1.29, 1.82) is 0 Å². The van der Waals surface area contributed by atoms with Crippen LogP contribution in [0.25, 0.3) is 0 Å². The van der Waals surface area contributed by atoms with E-state index in [4.69, 9.17) is 4.74 Å². The predicted molar refractivity (Wildman–Crippen MR) is 94.4 cm³/mol. The van der Waals surface area contributed by atoms with Gasteiger partial charge in [0.2, 0.25) is 0 Å². The van der Waals surface area contributed by atoms with E-state index in [1.165, 1.54) is 6.07 Å². The number of carbonyl (C=O) groups is 1. The van der Waals surface area contributed by atoms with Crippen molar-refractivity contribution in [1.82, 2.24) is 9.80 Å². The van der Waals surface area contributed by atoms with E-state index in [0.29, 0.717) is 37.3 Å². The molecule has 0 spiro atoms. The topological polar surface area (TPSA) is 53.0 Å². The number of β-amino-alcohol motifs (C(OH)–C–C–N with tert-alkyl or cyclic N) is 1. The maximum Gasteiger partial charge on any atom is 0.380 e. The molecule has 0 aromatic heterocycles. The van der Waals surface area contributed by atoms with Crippen LogP contribution in [0.3, 0.4) is 0 Å². The first-order chi connectivity index (χ1) is 11.6. The summed E-state index contributed by atoms with van der Waals surface area (Å²) in [6, 6.07) is 5.68. The van der Waals surface area contributed by atoms with E-state index in [2.05, 4.69) is 4.90 Å². The molecular weight excluding hydrogens is 585 g/mol. The minimum atomic E-state index is -0.768. The molecule has 0 saturated carbocycles. The van der Waals surface area contributed by atoms with Crippen LogP contribution >= 0.6 is 0 Å². The van der Waals surface area contributed by atoms with Gasteiger partial charge in [-0.1, -0.05) is 12.1 Å². The SMILES string of the molecule is Cc1ccc([C@@H](O)CN2CCN(C(=O)OC(C)(C)C)[C-](C)C2)cc1F.[Lr]. The van der Waals surface area contributed by atoms with Gasteiger partial charge in [-0.25, -0.2) is 15.2 Å². The first kappa shape index (κ1) is 21.4. The Hall–Kier alpha value is -2.66. The van der Waals surface area contributed by atoms with Crippen molar-refractivity contribution in [2.24, 2.45) is 0 Å². The Kier molecular flexibility index (Phi) is 6.70. The predicted octanol–water partition coefficient (Wildman–Crippen LogP) is 3.27. The number of aryl methyl sites for hydroxylation is 1. The van der Waals surface area contributed by atoms with Crippen molar-refractivity contribution in [3.05, 3.63) is 41.2 Å². The van der Waals surface area contributed by atoms with Crippen LogP contribution in [0.2, 0.25) is 0 Å². The Labute approximate surface area is 149 Å². The number of piperazine rings is 1. The third kappa shape index (κ3) is 5.43. The van der Waals surface area contributed by atoms with E-state index in [1.54, 1.807) is 24.0 Å². The number of nitrogens with zero attached hydrogens (tertiary/aromatic N) is 2. The number of benzene rings is 1. The average molecular weight is 613 g/mol. The third-order valence-corrected chi connectivity index (χ3v) is 4.18. The largest absolute Gasteiger partial charge is 0.453 e. The van der Waals surface area contributed by atoms with Crippen LogP contribution in [0.1, 0.15) is 44.9 Å². The van der Waals surface area contributed by atoms with Crippen LogP contribution < -0.4 is 0 Å². The summed E-state index contributed by atoms with van der Waals surface area (Å²) in [6.45, 7) is 11.2. The summed E-state index contributed by atoms with van der Waals surface area (Å²) in [4.78, 5) is 15.9. The van der Waals surface area contributed by atoms with E-state index in [0.717, 1.165) is 6.04 Å². The molecule has 1 aliphatic rings. The van der Waals surface area contributed by atoms with E-state index in [9.17, 15) is 14.3 Å². The third-order valence-electron chi connectivity index (χ3n) is 4.18. The minimum Gasteiger partial charge on any atom is -0.453 e. The van der Waals surface area contributed by atoms with E-state index in [-0.39, 0.29) is 11.9 Å². The van der Waals surface area contributed by atoms with Gasteiger partial charge in [0.25, 0.3) is 0 Å². The van der Waals surface area contributed by atoms with Crippen LogP contribution in [-0.4, -0.2) is 52.8 Å². The van der Waals surface area contributed by atoms with Crippen molar-refractivity contribution < 1.29 is 19.0 Å². The molecule has 1 fully saturated rings. The normalized spacial score (nSPS) is 17.6. The van der Waals surface area contributed by atoms with Gasteiger partial charge >= 0.3 is 6.09 Å². The van der Waals surface area contributed by atoms with Crippen molar-refractivity contribution in [2.45, 2.75) is 46.3 Å². The summed E-state index contributed by atoms with van der Waals surface area (Å²) < 4.78 is 19.1. The molecule has 1 aromatic rings. The number of aliphatic hydroxyl groups is 1. The van der Waals surface area contributed by atoms with Gasteiger partial charge in [-0.3, -0.25) is 0 Å². The Morgan fingerprint density at radius 2 is 2.04 bits per heavy atom. The minimum absolute atomic E-state index is 0. The second kappa shape index (κ2) is 8.15. The van der Waals surface area contributed by atoms with Crippen LogP contribution in [-0.2, 0) is 4.74 Å². The second-order valence-electron chi connectivity index (χ2n) is 7.63. The molecule has 0 aliphatic carbocycles. The zero-order chi connectivity index (χ0) is 18.8. The fourth-order valence-corrected chi connectivity index (χ4v) is 2.81. The van der Waals surface area contributed by atoms with E-state index in [1.807, 2.05) is 27.7 Å². The van der Waals surface area contributed by atoms with Gasteiger partial charge < -0.3 is 19.6 Å². The Morgan fingerprint density at radius 1 is 1.38 bits per heavy atom. The molecule has 1 radical (unpaired) electrons. The molecule has 1 heterocycles. The Morgan fingerprint density at radius 3 is 2.58 bits per heavy atom. The summed E-state index contributed by atoms with van der Waals surface area (Å²) in [7, 11) is 0. The number of carbonyl (C=O) groups excluding carboxylic acids is 1. The van der Waals surface area contributed by atoms with Crippen LogP contribution in [0, 0.1) is 18.8 Å². The number of amides is 1. The number of rotatable bonds is 3. The first-order valence-corrected chi connectivity index (χ1v) is 8.56. The van der Waals surface area contributed by atoms with Gasteiger partial charge in [0, 0.05) is 19.6 Å². The molecule has 7 heteroatoms. The second-order valence-corrected chi connectivity index (χ2v) is 7.63. The van der Waals surface area contributed by atoms with Gasteiger partial charge in [0.05, 0.1) is 6.10 Å². The number of ether oxygens (including phenoxy) is 1. The summed E-state index contributed by atoms with van der Waals surface area (Å²) in [5.74, 6) is -0.311. The first-order valence-electron chi connectivity index (χ1n) is 8.56. The fourth-order valence-electron chi connectivity index (χ4n) is 2.81.